The van der Waals surface area contributed by atoms with Gasteiger partial charge in [0.05, 0.1) is 11.3 Å². The third-order valence-corrected chi connectivity index (χ3v) is 3.45. The SMILES string of the molecule is O=C(O)c1cc(-c2ccccc2F)ncc1-c1ccccc1F. The molecule has 0 saturated heterocycles. The van der Waals surface area contributed by atoms with Crippen molar-refractivity contribution in [3.05, 3.63) is 78.0 Å². The molecule has 0 aliphatic heterocycles. The molecule has 0 amide bonds. The first-order valence-electron chi connectivity index (χ1n) is 6.81. The zero-order valence-corrected chi connectivity index (χ0v) is 11.8. The summed E-state index contributed by atoms with van der Waals surface area (Å²) in [5.74, 6) is -2.28. The fourth-order valence-electron chi connectivity index (χ4n) is 2.34. The molecule has 0 spiro atoms. The largest absolute Gasteiger partial charge is 0.478 e. The molecular weight excluding hydrogens is 300 g/mol. The molecule has 114 valence electrons. The average molecular weight is 311 g/mol. The van der Waals surface area contributed by atoms with Crippen LogP contribution in [-0.2, 0) is 0 Å². The second-order valence-electron chi connectivity index (χ2n) is 4.88. The van der Waals surface area contributed by atoms with Gasteiger partial charge in [-0.1, -0.05) is 30.3 Å². The summed E-state index contributed by atoms with van der Waals surface area (Å²) in [6.45, 7) is 0. The van der Waals surface area contributed by atoms with Gasteiger partial charge in [0.2, 0.25) is 0 Å². The Morgan fingerprint density at radius 1 is 0.870 bits per heavy atom. The summed E-state index contributed by atoms with van der Waals surface area (Å²) in [7, 11) is 0. The number of nitrogens with zero attached hydrogens (tertiary/aromatic N) is 1. The van der Waals surface area contributed by atoms with E-state index in [0.29, 0.717) is 0 Å². The molecule has 0 atom stereocenters. The van der Waals surface area contributed by atoms with Crippen LogP contribution in [-0.4, -0.2) is 16.1 Å². The van der Waals surface area contributed by atoms with E-state index in [4.69, 9.17) is 0 Å². The minimum absolute atomic E-state index is 0.136. The van der Waals surface area contributed by atoms with Gasteiger partial charge in [0.15, 0.2) is 0 Å². The van der Waals surface area contributed by atoms with E-state index in [2.05, 4.69) is 4.98 Å². The topological polar surface area (TPSA) is 50.2 Å². The number of pyridine rings is 1. The number of halogens is 2. The summed E-state index contributed by atoms with van der Waals surface area (Å²) < 4.78 is 27.8. The molecule has 23 heavy (non-hydrogen) atoms. The van der Waals surface area contributed by atoms with Crippen LogP contribution >= 0.6 is 0 Å². The Bertz CT molecular complexity index is 894. The molecule has 0 aliphatic rings. The second-order valence-corrected chi connectivity index (χ2v) is 4.88. The van der Waals surface area contributed by atoms with E-state index < -0.39 is 17.6 Å². The number of rotatable bonds is 3. The van der Waals surface area contributed by atoms with Crippen LogP contribution in [0.4, 0.5) is 8.78 Å². The van der Waals surface area contributed by atoms with Crippen molar-refractivity contribution >= 4 is 5.97 Å². The molecule has 0 saturated carbocycles. The van der Waals surface area contributed by atoms with Crippen LogP contribution in [0.15, 0.2) is 60.8 Å². The smallest absolute Gasteiger partial charge is 0.336 e. The normalized spacial score (nSPS) is 10.5. The highest BCUT2D eigenvalue weighted by molar-refractivity contribution is 5.97. The summed E-state index contributed by atoms with van der Waals surface area (Å²) in [5.41, 5.74) is 0.521. The maximum Gasteiger partial charge on any atom is 0.336 e. The summed E-state index contributed by atoms with van der Waals surface area (Å²) in [6, 6.07) is 13.0. The number of carbonyl (C=O) groups is 1. The highest BCUT2D eigenvalue weighted by Crippen LogP contribution is 2.29. The molecule has 1 N–H and O–H groups in total. The predicted molar refractivity (Wildman–Crippen MR) is 82.0 cm³/mol. The van der Waals surface area contributed by atoms with Gasteiger partial charge in [0, 0.05) is 22.9 Å². The average Bonchev–Trinajstić information content (AvgIpc) is 2.55. The molecule has 1 aromatic heterocycles. The van der Waals surface area contributed by atoms with Gasteiger partial charge in [-0.3, -0.25) is 4.98 Å². The lowest BCUT2D eigenvalue weighted by molar-refractivity contribution is 0.0697. The fraction of sp³-hybridized carbons (Fsp3) is 0. The monoisotopic (exact) mass is 311 g/mol. The Labute approximate surface area is 130 Å². The van der Waals surface area contributed by atoms with Crippen molar-refractivity contribution in [3.63, 3.8) is 0 Å². The lowest BCUT2D eigenvalue weighted by atomic mass is 9.99. The number of aromatic nitrogens is 1. The number of benzene rings is 2. The van der Waals surface area contributed by atoms with Crippen molar-refractivity contribution in [1.82, 2.24) is 4.98 Å². The molecule has 0 radical (unpaired) electrons. The minimum Gasteiger partial charge on any atom is -0.478 e. The fourth-order valence-corrected chi connectivity index (χ4v) is 2.34. The van der Waals surface area contributed by atoms with Crippen molar-refractivity contribution in [2.24, 2.45) is 0 Å². The lowest BCUT2D eigenvalue weighted by Crippen LogP contribution is -2.03. The first-order valence-corrected chi connectivity index (χ1v) is 6.81. The molecule has 3 rings (SSSR count). The molecule has 0 unspecified atom stereocenters. The quantitative estimate of drug-likeness (QED) is 0.780. The van der Waals surface area contributed by atoms with E-state index in [1.165, 1.54) is 48.7 Å². The number of carboxylic acids is 1. The summed E-state index contributed by atoms with van der Waals surface area (Å²) in [6.07, 6.45) is 1.25. The number of hydrogen-bond donors (Lipinski definition) is 1. The molecule has 0 bridgehead atoms. The Balaban J connectivity index is 2.20. The molecule has 3 nitrogen and oxygen atoms in total. The Morgan fingerprint density at radius 3 is 2.00 bits per heavy atom. The zero-order valence-electron chi connectivity index (χ0n) is 11.8. The molecule has 5 heteroatoms. The van der Waals surface area contributed by atoms with E-state index in [9.17, 15) is 18.7 Å². The van der Waals surface area contributed by atoms with Gasteiger partial charge in [-0.05, 0) is 24.3 Å². The number of hydrogen-bond acceptors (Lipinski definition) is 2. The Kier molecular flexibility index (Phi) is 3.85. The maximum absolute atomic E-state index is 13.9. The van der Waals surface area contributed by atoms with Gasteiger partial charge in [0.25, 0.3) is 0 Å². The van der Waals surface area contributed by atoms with Crippen LogP contribution < -0.4 is 0 Å². The van der Waals surface area contributed by atoms with Crippen LogP contribution in [0.5, 0.6) is 0 Å². The number of aromatic carboxylic acids is 1. The lowest BCUT2D eigenvalue weighted by Gasteiger charge is -2.10. The summed E-state index contributed by atoms with van der Waals surface area (Å²) >= 11 is 0. The van der Waals surface area contributed by atoms with Crippen LogP contribution in [0.3, 0.4) is 0 Å². The third-order valence-electron chi connectivity index (χ3n) is 3.45. The van der Waals surface area contributed by atoms with Crippen molar-refractivity contribution in [2.75, 3.05) is 0 Å². The van der Waals surface area contributed by atoms with Crippen molar-refractivity contribution < 1.29 is 18.7 Å². The number of carboxylic acid groups (broad SMARTS) is 1. The van der Waals surface area contributed by atoms with Gasteiger partial charge in [0.1, 0.15) is 11.6 Å². The van der Waals surface area contributed by atoms with Crippen LogP contribution in [0, 0.1) is 11.6 Å². The van der Waals surface area contributed by atoms with Gasteiger partial charge < -0.3 is 5.11 Å². The summed E-state index contributed by atoms with van der Waals surface area (Å²) in [4.78, 5) is 15.6. The predicted octanol–water partition coefficient (Wildman–Crippen LogP) is 4.39. The first-order chi connectivity index (χ1) is 11.1. The van der Waals surface area contributed by atoms with Gasteiger partial charge in [-0.25, -0.2) is 13.6 Å². The first kappa shape index (κ1) is 14.8. The molecular formula is C18H11F2NO2. The van der Waals surface area contributed by atoms with E-state index in [-0.39, 0.29) is 27.9 Å². The van der Waals surface area contributed by atoms with Crippen LogP contribution in [0.1, 0.15) is 10.4 Å². The molecule has 3 aromatic rings. The molecule has 2 aromatic carbocycles. The second kappa shape index (κ2) is 5.96. The van der Waals surface area contributed by atoms with Crippen LogP contribution in [0.2, 0.25) is 0 Å². The van der Waals surface area contributed by atoms with Crippen molar-refractivity contribution in [2.45, 2.75) is 0 Å². The third kappa shape index (κ3) is 2.81. The van der Waals surface area contributed by atoms with E-state index in [1.807, 2.05) is 0 Å². The standard InChI is InChI=1S/C18H11F2NO2/c19-15-7-3-1-5-11(15)14-10-21-17(9-13(14)18(22)23)12-6-2-4-8-16(12)20/h1-10H,(H,22,23). The molecule has 0 fully saturated rings. The highest BCUT2D eigenvalue weighted by atomic mass is 19.1. The van der Waals surface area contributed by atoms with Gasteiger partial charge in [-0.2, -0.15) is 0 Å². The van der Waals surface area contributed by atoms with E-state index in [1.54, 1.807) is 12.1 Å². The van der Waals surface area contributed by atoms with Crippen molar-refractivity contribution in [3.8, 4) is 22.4 Å². The Morgan fingerprint density at radius 2 is 1.43 bits per heavy atom. The van der Waals surface area contributed by atoms with E-state index in [0.717, 1.165) is 0 Å². The van der Waals surface area contributed by atoms with Crippen molar-refractivity contribution in [1.29, 1.82) is 0 Å². The Hall–Kier alpha value is -3.08. The molecule has 0 aliphatic carbocycles. The summed E-state index contributed by atoms with van der Waals surface area (Å²) in [5, 5.41) is 9.41. The minimum atomic E-state index is -1.23. The molecule has 1 heterocycles. The van der Waals surface area contributed by atoms with Gasteiger partial charge >= 0.3 is 5.97 Å². The van der Waals surface area contributed by atoms with E-state index >= 15 is 0 Å². The van der Waals surface area contributed by atoms with Crippen LogP contribution in [0.25, 0.3) is 22.4 Å². The van der Waals surface area contributed by atoms with Gasteiger partial charge in [-0.15, -0.1) is 0 Å². The highest BCUT2D eigenvalue weighted by Gasteiger charge is 2.17. The maximum atomic E-state index is 13.9. The zero-order chi connectivity index (χ0) is 16.4.